The largest absolute Gasteiger partial charge is 0.354 e. The lowest BCUT2D eigenvalue weighted by atomic mass is 10.3. The molecule has 1 atom stereocenters. The van der Waals surface area contributed by atoms with Gasteiger partial charge in [0, 0.05) is 12.2 Å². The topological polar surface area (TPSA) is 96.0 Å². The average Bonchev–Trinajstić information content (AvgIpc) is 3.06. The van der Waals surface area contributed by atoms with E-state index >= 15 is 0 Å². The van der Waals surface area contributed by atoms with Crippen molar-refractivity contribution < 1.29 is 9.59 Å². The van der Waals surface area contributed by atoms with E-state index in [4.69, 9.17) is 0 Å². The number of carbonyl (C=O) groups is 2. The summed E-state index contributed by atoms with van der Waals surface area (Å²) in [6.07, 6.45) is 0.860. The molecule has 1 aromatic carbocycles. The van der Waals surface area contributed by atoms with Crippen LogP contribution in [0.4, 0.5) is 10.8 Å². The van der Waals surface area contributed by atoms with Gasteiger partial charge in [-0.3, -0.25) is 9.59 Å². The quantitative estimate of drug-likeness (QED) is 0.579. The van der Waals surface area contributed by atoms with E-state index < -0.39 is 6.04 Å². The summed E-state index contributed by atoms with van der Waals surface area (Å²) in [6, 6.07) is 9.13. The van der Waals surface area contributed by atoms with Gasteiger partial charge >= 0.3 is 0 Å². The standard InChI is InChI=1S/C16H21N5O2S2/c1-3-9-17-14(23)11(2)18-13(22)10-24-16-21-20-15(25-16)19-12-7-5-4-6-8-12/h4-8,11H,3,9-10H2,1-2H3,(H,17,23)(H,18,22)(H,19,20)/t11-/m1/s1. The fraction of sp³-hybridized carbons (Fsp3) is 0.375. The van der Waals surface area contributed by atoms with Crippen LogP contribution in [-0.2, 0) is 9.59 Å². The molecule has 2 rings (SSSR count). The summed E-state index contributed by atoms with van der Waals surface area (Å²) >= 11 is 2.67. The van der Waals surface area contributed by atoms with Gasteiger partial charge in [-0.1, -0.05) is 48.2 Å². The second kappa shape index (κ2) is 10.00. The van der Waals surface area contributed by atoms with Crippen LogP contribution in [0.5, 0.6) is 0 Å². The van der Waals surface area contributed by atoms with Crippen molar-refractivity contribution in [3.63, 3.8) is 0 Å². The third kappa shape index (κ3) is 6.71. The molecule has 0 spiro atoms. The molecule has 1 aromatic heterocycles. The molecule has 0 unspecified atom stereocenters. The molecule has 2 aromatic rings. The van der Waals surface area contributed by atoms with Crippen molar-refractivity contribution in [3.05, 3.63) is 30.3 Å². The maximum Gasteiger partial charge on any atom is 0.242 e. The zero-order chi connectivity index (χ0) is 18.1. The Kier molecular flexibility index (Phi) is 7.68. The maximum atomic E-state index is 11.9. The Labute approximate surface area is 155 Å². The summed E-state index contributed by atoms with van der Waals surface area (Å²) in [5.74, 6) is -0.201. The van der Waals surface area contributed by atoms with E-state index in [-0.39, 0.29) is 17.6 Å². The van der Waals surface area contributed by atoms with Gasteiger partial charge in [-0.2, -0.15) is 0 Å². The Morgan fingerprint density at radius 1 is 1.24 bits per heavy atom. The molecule has 134 valence electrons. The lowest BCUT2D eigenvalue weighted by molar-refractivity contribution is -0.127. The first-order valence-corrected chi connectivity index (χ1v) is 9.74. The van der Waals surface area contributed by atoms with Gasteiger partial charge < -0.3 is 16.0 Å². The van der Waals surface area contributed by atoms with Crippen LogP contribution in [-0.4, -0.2) is 40.4 Å². The molecule has 0 aliphatic rings. The minimum atomic E-state index is -0.552. The number of nitrogens with one attached hydrogen (secondary N) is 3. The summed E-state index contributed by atoms with van der Waals surface area (Å²) in [6.45, 7) is 4.25. The van der Waals surface area contributed by atoms with Gasteiger partial charge in [0.2, 0.25) is 16.9 Å². The fourth-order valence-corrected chi connectivity index (χ4v) is 3.42. The minimum Gasteiger partial charge on any atom is -0.354 e. The van der Waals surface area contributed by atoms with Gasteiger partial charge in [0.25, 0.3) is 0 Å². The van der Waals surface area contributed by atoms with Crippen molar-refractivity contribution in [2.45, 2.75) is 30.6 Å². The number of hydrogen-bond donors (Lipinski definition) is 3. The third-order valence-electron chi connectivity index (χ3n) is 3.08. The summed E-state index contributed by atoms with van der Waals surface area (Å²) in [7, 11) is 0. The predicted octanol–water partition coefficient (Wildman–Crippen LogP) is 2.40. The third-order valence-corrected chi connectivity index (χ3v) is 5.05. The van der Waals surface area contributed by atoms with Gasteiger partial charge in [0.1, 0.15) is 6.04 Å². The Balaban J connectivity index is 1.75. The summed E-state index contributed by atoms with van der Waals surface area (Å²) < 4.78 is 0.691. The number of rotatable bonds is 9. The molecule has 25 heavy (non-hydrogen) atoms. The lowest BCUT2D eigenvalue weighted by Gasteiger charge is -2.13. The predicted molar refractivity (Wildman–Crippen MR) is 101 cm³/mol. The highest BCUT2D eigenvalue weighted by atomic mass is 32.2. The van der Waals surface area contributed by atoms with Gasteiger partial charge in [0.05, 0.1) is 5.75 Å². The van der Waals surface area contributed by atoms with Gasteiger partial charge in [-0.15, -0.1) is 10.2 Å². The van der Waals surface area contributed by atoms with Crippen LogP contribution in [0.3, 0.4) is 0 Å². The monoisotopic (exact) mass is 379 g/mol. The molecule has 7 nitrogen and oxygen atoms in total. The smallest absolute Gasteiger partial charge is 0.242 e. The molecule has 0 saturated heterocycles. The zero-order valence-corrected chi connectivity index (χ0v) is 15.7. The second-order valence-corrected chi connectivity index (χ2v) is 7.43. The number of thioether (sulfide) groups is 1. The Hall–Kier alpha value is -2.13. The van der Waals surface area contributed by atoms with Gasteiger partial charge in [-0.25, -0.2) is 0 Å². The molecule has 0 bridgehead atoms. The Morgan fingerprint density at radius 2 is 2.00 bits per heavy atom. The molecular weight excluding hydrogens is 358 g/mol. The first-order chi connectivity index (χ1) is 12.1. The average molecular weight is 380 g/mol. The zero-order valence-electron chi connectivity index (χ0n) is 14.1. The number of amides is 2. The van der Waals surface area contributed by atoms with E-state index in [1.54, 1.807) is 6.92 Å². The summed E-state index contributed by atoms with van der Waals surface area (Å²) in [5, 5.41) is 17.3. The molecular formula is C16H21N5O2S2. The van der Waals surface area contributed by atoms with E-state index in [1.807, 2.05) is 37.3 Å². The van der Waals surface area contributed by atoms with Crippen LogP contribution in [0.15, 0.2) is 34.7 Å². The summed E-state index contributed by atoms with van der Waals surface area (Å²) in [5.41, 5.74) is 0.930. The molecule has 1 heterocycles. The Morgan fingerprint density at radius 3 is 2.72 bits per heavy atom. The number of nitrogens with zero attached hydrogens (tertiary/aromatic N) is 2. The van der Waals surface area contributed by atoms with Crippen LogP contribution < -0.4 is 16.0 Å². The van der Waals surface area contributed by atoms with Crippen molar-refractivity contribution in [1.82, 2.24) is 20.8 Å². The Bertz CT molecular complexity index is 693. The molecule has 2 amide bonds. The van der Waals surface area contributed by atoms with Crippen molar-refractivity contribution in [1.29, 1.82) is 0 Å². The van der Waals surface area contributed by atoms with E-state index in [2.05, 4.69) is 26.1 Å². The van der Waals surface area contributed by atoms with Crippen molar-refractivity contribution >= 4 is 45.7 Å². The number of hydrogen-bond acceptors (Lipinski definition) is 7. The molecule has 0 radical (unpaired) electrons. The normalized spacial score (nSPS) is 11.6. The fourth-order valence-electron chi connectivity index (χ4n) is 1.84. The molecule has 0 saturated carbocycles. The van der Waals surface area contributed by atoms with Gasteiger partial charge in [0.15, 0.2) is 4.34 Å². The summed E-state index contributed by atoms with van der Waals surface area (Å²) in [4.78, 5) is 23.7. The molecule has 3 N–H and O–H groups in total. The van der Waals surface area contributed by atoms with Crippen molar-refractivity contribution in [2.75, 3.05) is 17.6 Å². The number of benzene rings is 1. The van der Waals surface area contributed by atoms with Crippen molar-refractivity contribution in [2.24, 2.45) is 0 Å². The van der Waals surface area contributed by atoms with Gasteiger partial charge in [-0.05, 0) is 25.5 Å². The number of aromatic nitrogens is 2. The van der Waals surface area contributed by atoms with Crippen LogP contribution in [0.2, 0.25) is 0 Å². The maximum absolute atomic E-state index is 11.9. The lowest BCUT2D eigenvalue weighted by Crippen LogP contribution is -2.45. The van der Waals surface area contributed by atoms with Crippen molar-refractivity contribution in [3.8, 4) is 0 Å². The van der Waals surface area contributed by atoms with E-state index in [0.717, 1.165) is 12.1 Å². The molecule has 0 fully saturated rings. The minimum absolute atomic E-state index is 0.175. The first kappa shape index (κ1) is 19.2. The highest BCUT2D eigenvalue weighted by Crippen LogP contribution is 2.27. The van der Waals surface area contributed by atoms with Crippen LogP contribution >= 0.6 is 23.1 Å². The molecule has 0 aliphatic heterocycles. The second-order valence-electron chi connectivity index (χ2n) is 5.23. The van der Waals surface area contributed by atoms with Crippen LogP contribution in [0.1, 0.15) is 20.3 Å². The van der Waals surface area contributed by atoms with E-state index in [9.17, 15) is 9.59 Å². The van der Waals surface area contributed by atoms with E-state index in [0.29, 0.717) is 16.0 Å². The van der Waals surface area contributed by atoms with Crippen LogP contribution in [0.25, 0.3) is 0 Å². The molecule has 9 heteroatoms. The number of anilines is 2. The number of carbonyl (C=O) groups excluding carboxylic acids is 2. The van der Waals surface area contributed by atoms with E-state index in [1.165, 1.54) is 23.1 Å². The molecule has 0 aliphatic carbocycles. The first-order valence-electron chi connectivity index (χ1n) is 7.94. The highest BCUT2D eigenvalue weighted by molar-refractivity contribution is 8.01. The number of para-hydroxylation sites is 1. The SMILES string of the molecule is CCCNC(=O)[C@@H](C)NC(=O)CSc1nnc(Nc2ccccc2)s1. The van der Waals surface area contributed by atoms with Crippen LogP contribution in [0, 0.1) is 0 Å². The highest BCUT2D eigenvalue weighted by Gasteiger charge is 2.15.